The minimum absolute atomic E-state index is 0.0686. The van der Waals surface area contributed by atoms with Crippen LogP contribution >= 0.6 is 0 Å². The summed E-state index contributed by atoms with van der Waals surface area (Å²) in [6.45, 7) is -1.02. The molecule has 0 spiro atoms. The van der Waals surface area contributed by atoms with E-state index in [1.165, 1.54) is 0 Å². The van der Waals surface area contributed by atoms with Gasteiger partial charge in [0.15, 0.2) is 6.20 Å². The molecule has 2 aromatic rings. The fourth-order valence-corrected chi connectivity index (χ4v) is 5.43. The molecule has 0 aromatic carbocycles. The van der Waals surface area contributed by atoms with Crippen LogP contribution in [0, 0.1) is 21.8 Å². The summed E-state index contributed by atoms with van der Waals surface area (Å²) in [6, 6.07) is 1.76. The SMILES string of the molecule is CS(=N)(=O)c1cc(NC(=O)c2c(C(F)(F)F)c(C3CC3)nn2CC2CC(F)(F)CC2C(F)(F)F)cc[n+]1[O-]. The van der Waals surface area contributed by atoms with Gasteiger partial charge in [-0.2, -0.15) is 36.2 Å². The van der Waals surface area contributed by atoms with E-state index in [1.807, 2.05) is 0 Å². The Morgan fingerprint density at radius 3 is 2.42 bits per heavy atom. The highest BCUT2D eigenvalue weighted by Gasteiger charge is 2.57. The third-order valence-electron chi connectivity index (χ3n) is 6.46. The van der Waals surface area contributed by atoms with Gasteiger partial charge in [-0.3, -0.25) is 9.48 Å². The maximum atomic E-state index is 14.1. The van der Waals surface area contributed by atoms with Crippen molar-refractivity contribution < 1.29 is 48.9 Å². The van der Waals surface area contributed by atoms with E-state index in [0.29, 0.717) is 4.68 Å². The first-order valence-electron chi connectivity index (χ1n) is 11.2. The highest BCUT2D eigenvalue weighted by molar-refractivity contribution is 7.91. The predicted molar refractivity (Wildman–Crippen MR) is 115 cm³/mol. The van der Waals surface area contributed by atoms with Gasteiger partial charge in [-0.05, 0) is 18.8 Å². The molecule has 0 saturated heterocycles. The lowest BCUT2D eigenvalue weighted by atomic mass is 9.95. The molecular weight excluding hydrogens is 554 g/mol. The normalized spacial score (nSPS) is 23.3. The van der Waals surface area contributed by atoms with Gasteiger partial charge in [-0.15, -0.1) is 0 Å². The first-order chi connectivity index (χ1) is 17.3. The second-order valence-corrected chi connectivity index (χ2v) is 11.7. The molecule has 2 saturated carbocycles. The van der Waals surface area contributed by atoms with Crippen LogP contribution < -0.4 is 10.0 Å². The van der Waals surface area contributed by atoms with Crippen molar-refractivity contribution in [2.75, 3.05) is 11.6 Å². The first kappa shape index (κ1) is 28.0. The Hall–Kier alpha value is -2.98. The van der Waals surface area contributed by atoms with E-state index in [0.717, 1.165) is 24.6 Å². The molecule has 17 heteroatoms. The van der Waals surface area contributed by atoms with Crippen molar-refractivity contribution in [3.63, 3.8) is 0 Å². The van der Waals surface area contributed by atoms with Crippen molar-refractivity contribution in [1.29, 1.82) is 4.78 Å². The average Bonchev–Trinajstić information content (AvgIpc) is 3.43. The number of amides is 1. The van der Waals surface area contributed by atoms with Gasteiger partial charge in [0.25, 0.3) is 10.9 Å². The van der Waals surface area contributed by atoms with Crippen LogP contribution in [0.4, 0.5) is 40.8 Å². The van der Waals surface area contributed by atoms with Crippen LogP contribution in [0.1, 0.15) is 53.3 Å². The van der Waals surface area contributed by atoms with E-state index < -0.39 is 93.0 Å². The Labute approximate surface area is 210 Å². The number of anilines is 1. The Bertz CT molecular complexity index is 1370. The quantitative estimate of drug-likeness (QED) is 0.289. The molecule has 2 fully saturated rings. The number of carbonyl (C=O) groups excluding carboxylic acids is 1. The number of pyridine rings is 1. The zero-order valence-corrected chi connectivity index (χ0v) is 20.3. The summed E-state index contributed by atoms with van der Waals surface area (Å²) in [6.07, 6.45) is -10.8. The zero-order chi connectivity index (χ0) is 28.4. The Kier molecular flexibility index (Phi) is 6.68. The number of hydrogen-bond donors (Lipinski definition) is 2. The van der Waals surface area contributed by atoms with Crippen LogP contribution in [0.2, 0.25) is 0 Å². The monoisotopic (exact) mass is 575 g/mol. The molecule has 8 nitrogen and oxygen atoms in total. The minimum Gasteiger partial charge on any atom is -0.618 e. The van der Waals surface area contributed by atoms with Crippen LogP contribution in [0.15, 0.2) is 23.4 Å². The van der Waals surface area contributed by atoms with Crippen LogP contribution in [0.25, 0.3) is 0 Å². The molecule has 0 aliphatic heterocycles. The summed E-state index contributed by atoms with van der Waals surface area (Å²) in [5.41, 5.74) is -3.54. The molecule has 3 unspecified atom stereocenters. The topological polar surface area (TPSA) is 115 Å². The van der Waals surface area contributed by atoms with Crippen LogP contribution in [0.5, 0.6) is 0 Å². The van der Waals surface area contributed by atoms with Crippen molar-refractivity contribution in [2.45, 2.75) is 61.4 Å². The molecule has 0 bridgehead atoms. The molecule has 0 radical (unpaired) electrons. The highest BCUT2D eigenvalue weighted by atomic mass is 32.2. The molecule has 1 amide bonds. The number of carbonyl (C=O) groups is 1. The summed E-state index contributed by atoms with van der Waals surface area (Å²) < 4.78 is 131. The smallest absolute Gasteiger partial charge is 0.420 e. The summed E-state index contributed by atoms with van der Waals surface area (Å²) in [5.74, 6) is -10.3. The van der Waals surface area contributed by atoms with E-state index in [-0.39, 0.29) is 23.3 Å². The number of aromatic nitrogens is 3. The summed E-state index contributed by atoms with van der Waals surface area (Å²) in [5, 5.41) is 17.1. The molecule has 2 heterocycles. The zero-order valence-electron chi connectivity index (χ0n) is 19.5. The van der Waals surface area contributed by atoms with E-state index in [2.05, 4.69) is 10.4 Å². The molecule has 2 aliphatic carbocycles. The van der Waals surface area contributed by atoms with Gasteiger partial charge in [0.05, 0.1) is 17.3 Å². The van der Waals surface area contributed by atoms with Gasteiger partial charge >= 0.3 is 12.4 Å². The standard InChI is InChI=1S/C21H21F8N5O3S/c1-38(30,37)14-6-12(4-5-34(14)36)31-18(35)17-15(21(27,28)29)16(10-2-3-10)32-33(17)9-11-7-19(22,23)8-13(11)20(24,25)26/h4-6,10-11,13,30H,2-3,7-9H2,1H3,(H,31,35). The maximum Gasteiger partial charge on any atom is 0.420 e. The lowest BCUT2D eigenvalue weighted by Gasteiger charge is -2.22. The largest absolute Gasteiger partial charge is 0.618 e. The lowest BCUT2D eigenvalue weighted by molar-refractivity contribution is -0.646. The van der Waals surface area contributed by atoms with E-state index >= 15 is 0 Å². The number of nitrogens with one attached hydrogen (secondary N) is 2. The van der Waals surface area contributed by atoms with Crippen molar-refractivity contribution >= 4 is 21.3 Å². The summed E-state index contributed by atoms with van der Waals surface area (Å²) >= 11 is 0. The summed E-state index contributed by atoms with van der Waals surface area (Å²) in [7, 11) is -3.62. The molecule has 2 N–H and O–H groups in total. The van der Waals surface area contributed by atoms with Gasteiger partial charge in [0.2, 0.25) is 5.92 Å². The van der Waals surface area contributed by atoms with E-state index in [4.69, 9.17) is 4.78 Å². The van der Waals surface area contributed by atoms with Gasteiger partial charge in [0, 0.05) is 43.7 Å². The summed E-state index contributed by atoms with van der Waals surface area (Å²) in [4.78, 5) is 13.1. The van der Waals surface area contributed by atoms with Gasteiger partial charge in [0.1, 0.15) is 21.0 Å². The number of alkyl halides is 8. The Morgan fingerprint density at radius 1 is 1.26 bits per heavy atom. The van der Waals surface area contributed by atoms with Gasteiger partial charge in [-0.25, -0.2) is 17.8 Å². The number of halogens is 8. The van der Waals surface area contributed by atoms with E-state index in [9.17, 15) is 49.3 Å². The molecule has 3 atom stereocenters. The highest BCUT2D eigenvalue weighted by Crippen LogP contribution is 2.51. The third-order valence-corrected chi connectivity index (χ3v) is 7.56. The number of hydrogen-bond acceptors (Lipinski definition) is 5. The molecular formula is C21H21F8N5O3S. The Morgan fingerprint density at radius 2 is 1.89 bits per heavy atom. The second kappa shape index (κ2) is 9.05. The fourth-order valence-electron chi connectivity index (χ4n) is 4.68. The molecule has 4 rings (SSSR count). The first-order valence-corrected chi connectivity index (χ1v) is 13.2. The Balaban J connectivity index is 1.78. The number of rotatable bonds is 6. The van der Waals surface area contributed by atoms with Crippen molar-refractivity contribution in [3.8, 4) is 0 Å². The maximum absolute atomic E-state index is 14.1. The van der Waals surface area contributed by atoms with Crippen LogP contribution in [-0.2, 0) is 22.5 Å². The van der Waals surface area contributed by atoms with Crippen molar-refractivity contribution in [2.24, 2.45) is 11.8 Å². The number of nitrogens with zero attached hydrogens (tertiary/aromatic N) is 3. The lowest BCUT2D eigenvalue weighted by Crippen LogP contribution is -2.33. The van der Waals surface area contributed by atoms with Crippen LogP contribution in [-0.4, -0.2) is 38.3 Å². The predicted octanol–water partition coefficient (Wildman–Crippen LogP) is 4.92. The third kappa shape index (κ3) is 5.71. The van der Waals surface area contributed by atoms with E-state index in [1.54, 1.807) is 0 Å². The molecule has 210 valence electrons. The van der Waals surface area contributed by atoms with Crippen molar-refractivity contribution in [3.05, 3.63) is 40.5 Å². The average molecular weight is 575 g/mol. The van der Waals surface area contributed by atoms with Crippen molar-refractivity contribution in [1.82, 2.24) is 9.78 Å². The molecule has 2 aliphatic rings. The van der Waals surface area contributed by atoms with Gasteiger partial charge < -0.3 is 10.5 Å². The fraction of sp³-hybridized carbons (Fsp3) is 0.571. The molecule has 2 aromatic heterocycles. The second-order valence-electron chi connectivity index (χ2n) is 9.61. The molecule has 38 heavy (non-hydrogen) atoms. The van der Waals surface area contributed by atoms with Crippen LogP contribution in [0.3, 0.4) is 0 Å². The van der Waals surface area contributed by atoms with Gasteiger partial charge in [-0.1, -0.05) is 0 Å². The minimum atomic E-state index is -5.16.